The van der Waals surface area contributed by atoms with Gasteiger partial charge < -0.3 is 9.64 Å². The highest BCUT2D eigenvalue weighted by Crippen LogP contribution is 2.23. The molecule has 0 saturated carbocycles. The number of fused-ring (bicyclic) bond motifs is 1. The van der Waals surface area contributed by atoms with Gasteiger partial charge in [-0.1, -0.05) is 0 Å². The van der Waals surface area contributed by atoms with Gasteiger partial charge in [0.05, 0.1) is 16.8 Å². The van der Waals surface area contributed by atoms with Crippen molar-refractivity contribution in [2.45, 2.75) is 12.8 Å². The van der Waals surface area contributed by atoms with E-state index in [-0.39, 0.29) is 18.2 Å². The average Bonchev–Trinajstić information content (AvgIpc) is 3.35. The average molecular weight is 366 g/mol. The summed E-state index contributed by atoms with van der Waals surface area (Å²) in [6.45, 7) is 1.66. The van der Waals surface area contributed by atoms with E-state index < -0.39 is 4.92 Å². The fourth-order valence-corrected chi connectivity index (χ4v) is 3.15. The predicted octanol–water partition coefficient (Wildman–Crippen LogP) is 2.91. The summed E-state index contributed by atoms with van der Waals surface area (Å²) < 4.78 is 7.21. The molecule has 2 aromatic heterocycles. The summed E-state index contributed by atoms with van der Waals surface area (Å²) in [7, 11) is 0. The number of benzene rings is 1. The van der Waals surface area contributed by atoms with Crippen LogP contribution in [0, 0.1) is 10.1 Å². The molecule has 4 rings (SSSR count). The quantitative estimate of drug-likeness (QED) is 0.512. The first-order valence-corrected chi connectivity index (χ1v) is 8.74. The van der Waals surface area contributed by atoms with Crippen molar-refractivity contribution in [3.63, 3.8) is 0 Å². The lowest BCUT2D eigenvalue weighted by Crippen LogP contribution is -2.32. The van der Waals surface area contributed by atoms with Gasteiger partial charge in [-0.2, -0.15) is 0 Å². The van der Waals surface area contributed by atoms with E-state index in [4.69, 9.17) is 4.74 Å². The maximum atomic E-state index is 12.0. The van der Waals surface area contributed by atoms with Gasteiger partial charge in [0.2, 0.25) is 0 Å². The summed E-state index contributed by atoms with van der Waals surface area (Å²) in [5, 5.41) is 10.9. The third-order valence-corrected chi connectivity index (χ3v) is 4.62. The van der Waals surface area contributed by atoms with Crippen LogP contribution in [0.15, 0.2) is 48.8 Å². The fraction of sp³-hybridized carbons (Fsp3) is 0.263. The number of nitrogens with zero attached hydrogens (tertiary/aromatic N) is 4. The van der Waals surface area contributed by atoms with Gasteiger partial charge in [0.15, 0.2) is 6.61 Å². The Morgan fingerprint density at radius 3 is 2.56 bits per heavy atom. The number of rotatable bonds is 5. The van der Waals surface area contributed by atoms with E-state index >= 15 is 0 Å². The number of amides is 1. The second-order valence-electron chi connectivity index (χ2n) is 6.44. The number of carbonyl (C=O) groups is 1. The van der Waals surface area contributed by atoms with Gasteiger partial charge in [-0.05, 0) is 43.2 Å². The molecule has 27 heavy (non-hydrogen) atoms. The molecule has 3 heterocycles. The summed E-state index contributed by atoms with van der Waals surface area (Å²) in [4.78, 5) is 28.8. The van der Waals surface area contributed by atoms with E-state index in [1.165, 1.54) is 12.3 Å². The van der Waals surface area contributed by atoms with Gasteiger partial charge in [-0.25, -0.2) is 4.98 Å². The van der Waals surface area contributed by atoms with Crippen molar-refractivity contribution in [3.8, 4) is 17.0 Å². The second-order valence-corrected chi connectivity index (χ2v) is 6.44. The van der Waals surface area contributed by atoms with Crippen LogP contribution in [0.25, 0.3) is 16.9 Å². The van der Waals surface area contributed by atoms with Crippen LogP contribution >= 0.6 is 0 Å². The molecule has 0 N–H and O–H groups in total. The summed E-state index contributed by atoms with van der Waals surface area (Å²) in [6.07, 6.45) is 5.30. The molecule has 0 bridgehead atoms. The molecule has 1 saturated heterocycles. The number of hydrogen-bond donors (Lipinski definition) is 0. The topological polar surface area (TPSA) is 90.0 Å². The van der Waals surface area contributed by atoms with Crippen LogP contribution in [0.1, 0.15) is 12.8 Å². The number of carbonyl (C=O) groups excluding carboxylic acids is 1. The van der Waals surface area contributed by atoms with Crippen molar-refractivity contribution in [2.75, 3.05) is 19.7 Å². The molecule has 8 heteroatoms. The second kappa shape index (κ2) is 7.06. The maximum Gasteiger partial charge on any atom is 0.286 e. The van der Waals surface area contributed by atoms with E-state index in [2.05, 4.69) is 4.98 Å². The lowest BCUT2D eigenvalue weighted by Gasteiger charge is -2.15. The van der Waals surface area contributed by atoms with Crippen molar-refractivity contribution in [1.29, 1.82) is 0 Å². The van der Waals surface area contributed by atoms with Crippen LogP contribution in [0.3, 0.4) is 0 Å². The van der Waals surface area contributed by atoms with Crippen LogP contribution < -0.4 is 4.74 Å². The van der Waals surface area contributed by atoms with Crippen LogP contribution in [-0.2, 0) is 4.79 Å². The Labute approximate surface area is 155 Å². The van der Waals surface area contributed by atoms with Gasteiger partial charge in [0, 0.05) is 30.9 Å². The minimum Gasteiger partial charge on any atom is -0.484 e. The smallest absolute Gasteiger partial charge is 0.286 e. The van der Waals surface area contributed by atoms with Crippen molar-refractivity contribution in [1.82, 2.24) is 14.3 Å². The molecule has 138 valence electrons. The van der Waals surface area contributed by atoms with E-state index in [9.17, 15) is 14.9 Å². The number of ether oxygens (including phenoxy) is 1. The predicted molar refractivity (Wildman–Crippen MR) is 98.6 cm³/mol. The monoisotopic (exact) mass is 366 g/mol. The molecule has 1 aliphatic rings. The minimum atomic E-state index is -0.436. The zero-order chi connectivity index (χ0) is 18.8. The molecule has 1 fully saturated rings. The third-order valence-electron chi connectivity index (χ3n) is 4.62. The Morgan fingerprint density at radius 2 is 1.85 bits per heavy atom. The highest BCUT2D eigenvalue weighted by molar-refractivity contribution is 5.78. The molecule has 0 aliphatic carbocycles. The molecule has 0 atom stereocenters. The fourth-order valence-electron chi connectivity index (χ4n) is 3.15. The van der Waals surface area contributed by atoms with Crippen LogP contribution in [0.2, 0.25) is 0 Å². The summed E-state index contributed by atoms with van der Waals surface area (Å²) in [5.74, 6) is 0.629. The number of aromatic nitrogens is 2. The van der Waals surface area contributed by atoms with E-state index in [0.29, 0.717) is 17.1 Å². The van der Waals surface area contributed by atoms with Crippen molar-refractivity contribution in [2.24, 2.45) is 0 Å². The lowest BCUT2D eigenvalue weighted by molar-refractivity contribution is -0.385. The standard InChI is InChI=1S/C19H18N4O4/c24-19(21-9-1-2-10-21)13-27-16-6-3-14(4-7-16)17-12-22-11-15(23(25)26)5-8-18(22)20-17/h3-8,11-12H,1-2,9-10,13H2. The third kappa shape index (κ3) is 3.59. The van der Waals surface area contributed by atoms with Gasteiger partial charge in [-0.3, -0.25) is 19.3 Å². The molecule has 3 aromatic rings. The molecule has 1 aromatic carbocycles. The van der Waals surface area contributed by atoms with Gasteiger partial charge >= 0.3 is 0 Å². The van der Waals surface area contributed by atoms with Crippen molar-refractivity contribution >= 4 is 17.2 Å². The first-order valence-electron chi connectivity index (χ1n) is 8.74. The molecule has 1 amide bonds. The SMILES string of the molecule is O=C(COc1ccc(-c2cn3cc([N+](=O)[O-])ccc3n2)cc1)N1CCCC1. The zero-order valence-corrected chi connectivity index (χ0v) is 14.6. The van der Waals surface area contributed by atoms with Gasteiger partial charge in [0.25, 0.3) is 11.6 Å². The minimum absolute atomic E-state index is 0.0119. The molecule has 0 radical (unpaired) electrons. The number of likely N-dealkylation sites (tertiary alicyclic amines) is 1. The molecule has 0 unspecified atom stereocenters. The summed E-state index contributed by atoms with van der Waals surface area (Å²) in [5.41, 5.74) is 2.21. The Kier molecular flexibility index (Phi) is 4.45. The highest BCUT2D eigenvalue weighted by atomic mass is 16.6. The van der Waals surface area contributed by atoms with E-state index in [0.717, 1.165) is 31.5 Å². The lowest BCUT2D eigenvalue weighted by atomic mass is 10.2. The van der Waals surface area contributed by atoms with Gasteiger partial charge in [0.1, 0.15) is 11.4 Å². The summed E-state index contributed by atoms with van der Waals surface area (Å²) in [6, 6.07) is 10.3. The Bertz CT molecular complexity index is 991. The molecule has 8 nitrogen and oxygen atoms in total. The van der Waals surface area contributed by atoms with E-state index in [1.54, 1.807) is 28.8 Å². The molecular formula is C19H18N4O4. The molecule has 0 spiro atoms. The number of hydrogen-bond acceptors (Lipinski definition) is 5. The first-order chi connectivity index (χ1) is 13.1. The van der Waals surface area contributed by atoms with E-state index in [1.807, 2.05) is 17.0 Å². The maximum absolute atomic E-state index is 12.0. The zero-order valence-electron chi connectivity index (χ0n) is 14.6. The van der Waals surface area contributed by atoms with Crippen LogP contribution in [0.4, 0.5) is 5.69 Å². The number of pyridine rings is 1. The Morgan fingerprint density at radius 1 is 1.11 bits per heavy atom. The van der Waals surface area contributed by atoms with Crippen LogP contribution in [-0.4, -0.2) is 44.8 Å². The normalized spacial score (nSPS) is 13.9. The Balaban J connectivity index is 1.46. The molecular weight excluding hydrogens is 348 g/mol. The number of imidazole rings is 1. The Hall–Kier alpha value is -3.42. The van der Waals surface area contributed by atoms with Crippen LogP contribution in [0.5, 0.6) is 5.75 Å². The first kappa shape index (κ1) is 17.0. The van der Waals surface area contributed by atoms with Crippen molar-refractivity contribution in [3.05, 3.63) is 58.9 Å². The largest absolute Gasteiger partial charge is 0.484 e. The summed E-state index contributed by atoms with van der Waals surface area (Å²) >= 11 is 0. The number of nitro groups is 1. The van der Waals surface area contributed by atoms with Gasteiger partial charge in [-0.15, -0.1) is 0 Å². The van der Waals surface area contributed by atoms with Crippen molar-refractivity contribution < 1.29 is 14.5 Å². The molecule has 1 aliphatic heterocycles. The highest BCUT2D eigenvalue weighted by Gasteiger charge is 2.18.